The molecule has 1 aromatic carbocycles. The Hall–Kier alpha value is -2.11. The molecule has 138 valence electrons. The first-order valence-corrected chi connectivity index (χ1v) is 8.81. The van der Waals surface area contributed by atoms with Gasteiger partial charge in [-0.25, -0.2) is 0 Å². The number of anilines is 1. The first kappa shape index (κ1) is 19.2. The van der Waals surface area contributed by atoms with Crippen molar-refractivity contribution >= 4 is 17.3 Å². The van der Waals surface area contributed by atoms with Gasteiger partial charge in [0.2, 0.25) is 0 Å². The fourth-order valence-corrected chi connectivity index (χ4v) is 4.03. The summed E-state index contributed by atoms with van der Waals surface area (Å²) in [6.07, 6.45) is 3.85. The molecule has 6 nitrogen and oxygen atoms in total. The largest absolute Gasteiger partial charge is 0.469 e. The van der Waals surface area contributed by atoms with Crippen LogP contribution in [0.25, 0.3) is 0 Å². The molecule has 0 amide bonds. The SMILES string of the molecule is COC(=O)CCc1ccc(N[C@@H]2C[C@H](C)CC(C)(C)C2)c([N+](=O)[O-])c1. The summed E-state index contributed by atoms with van der Waals surface area (Å²) in [5.41, 5.74) is 1.63. The lowest BCUT2D eigenvalue weighted by atomic mass is 9.70. The molecule has 1 saturated carbocycles. The van der Waals surface area contributed by atoms with E-state index in [1.54, 1.807) is 12.1 Å². The first-order valence-electron chi connectivity index (χ1n) is 8.81. The van der Waals surface area contributed by atoms with Crippen LogP contribution < -0.4 is 5.32 Å². The van der Waals surface area contributed by atoms with E-state index < -0.39 is 0 Å². The number of esters is 1. The predicted molar refractivity (Wildman–Crippen MR) is 97.6 cm³/mol. The van der Waals surface area contributed by atoms with E-state index in [4.69, 9.17) is 0 Å². The van der Waals surface area contributed by atoms with E-state index in [-0.39, 0.29) is 34.5 Å². The van der Waals surface area contributed by atoms with Gasteiger partial charge in [-0.05, 0) is 48.6 Å². The third kappa shape index (κ3) is 5.44. The molecule has 1 aliphatic carbocycles. The molecule has 1 aromatic rings. The van der Waals surface area contributed by atoms with E-state index in [1.165, 1.54) is 13.5 Å². The molecule has 1 aliphatic rings. The lowest BCUT2D eigenvalue weighted by Crippen LogP contribution is -2.35. The van der Waals surface area contributed by atoms with Crippen molar-refractivity contribution in [2.75, 3.05) is 12.4 Å². The van der Waals surface area contributed by atoms with Crippen molar-refractivity contribution < 1.29 is 14.5 Å². The van der Waals surface area contributed by atoms with Crippen LogP contribution in [-0.2, 0) is 16.0 Å². The quantitative estimate of drug-likeness (QED) is 0.470. The van der Waals surface area contributed by atoms with Crippen LogP contribution in [0.1, 0.15) is 52.0 Å². The van der Waals surface area contributed by atoms with Crippen molar-refractivity contribution in [1.82, 2.24) is 0 Å². The van der Waals surface area contributed by atoms with Crippen molar-refractivity contribution in [2.45, 2.75) is 58.9 Å². The molecule has 0 bridgehead atoms. The topological polar surface area (TPSA) is 81.5 Å². The number of benzene rings is 1. The van der Waals surface area contributed by atoms with Crippen LogP contribution in [-0.4, -0.2) is 24.0 Å². The summed E-state index contributed by atoms with van der Waals surface area (Å²) < 4.78 is 4.62. The minimum Gasteiger partial charge on any atom is -0.469 e. The number of hydrogen-bond donors (Lipinski definition) is 1. The molecule has 25 heavy (non-hydrogen) atoms. The Balaban J connectivity index is 2.14. The molecular weight excluding hydrogens is 320 g/mol. The smallest absolute Gasteiger partial charge is 0.305 e. The number of nitro groups is 1. The van der Waals surface area contributed by atoms with Gasteiger partial charge in [-0.2, -0.15) is 0 Å². The zero-order valence-electron chi connectivity index (χ0n) is 15.5. The van der Waals surface area contributed by atoms with E-state index in [9.17, 15) is 14.9 Å². The molecule has 2 rings (SSSR count). The van der Waals surface area contributed by atoms with Gasteiger partial charge in [0.05, 0.1) is 12.0 Å². The summed E-state index contributed by atoms with van der Waals surface area (Å²) in [5.74, 6) is 0.280. The maximum Gasteiger partial charge on any atom is 0.305 e. The number of nitrogens with zero attached hydrogens (tertiary/aromatic N) is 1. The van der Waals surface area contributed by atoms with E-state index in [2.05, 4.69) is 30.8 Å². The fraction of sp³-hybridized carbons (Fsp3) is 0.632. The first-order chi connectivity index (χ1) is 11.7. The van der Waals surface area contributed by atoms with Crippen molar-refractivity contribution in [1.29, 1.82) is 0 Å². The Morgan fingerprint density at radius 3 is 2.72 bits per heavy atom. The Morgan fingerprint density at radius 1 is 1.40 bits per heavy atom. The number of aryl methyl sites for hydroxylation is 1. The highest BCUT2D eigenvalue weighted by atomic mass is 16.6. The lowest BCUT2D eigenvalue weighted by Gasteiger charge is -2.39. The minimum atomic E-state index is -0.360. The molecule has 0 saturated heterocycles. The maximum absolute atomic E-state index is 11.5. The second kappa shape index (κ2) is 7.85. The summed E-state index contributed by atoms with van der Waals surface area (Å²) in [4.78, 5) is 22.4. The summed E-state index contributed by atoms with van der Waals surface area (Å²) in [6.45, 7) is 6.74. The van der Waals surface area contributed by atoms with Gasteiger partial charge in [0, 0.05) is 18.5 Å². The van der Waals surface area contributed by atoms with E-state index in [0.29, 0.717) is 18.0 Å². The second-order valence-corrected chi connectivity index (χ2v) is 7.94. The highest BCUT2D eigenvalue weighted by molar-refractivity contribution is 5.70. The van der Waals surface area contributed by atoms with Crippen molar-refractivity contribution in [3.05, 3.63) is 33.9 Å². The third-order valence-corrected chi connectivity index (χ3v) is 4.85. The fourth-order valence-electron chi connectivity index (χ4n) is 4.03. The molecular formula is C19H28N2O4. The van der Waals surface area contributed by atoms with Crippen LogP contribution in [0.4, 0.5) is 11.4 Å². The van der Waals surface area contributed by atoms with Gasteiger partial charge in [-0.1, -0.05) is 26.8 Å². The van der Waals surface area contributed by atoms with E-state index >= 15 is 0 Å². The van der Waals surface area contributed by atoms with Crippen LogP contribution in [0, 0.1) is 21.4 Å². The average Bonchev–Trinajstić information content (AvgIpc) is 2.51. The highest BCUT2D eigenvalue weighted by Crippen LogP contribution is 2.40. The molecule has 0 unspecified atom stereocenters. The molecule has 0 heterocycles. The van der Waals surface area contributed by atoms with E-state index in [0.717, 1.165) is 18.4 Å². The number of methoxy groups -OCH3 is 1. The van der Waals surface area contributed by atoms with Gasteiger partial charge in [-0.3, -0.25) is 14.9 Å². The Bertz CT molecular complexity index is 642. The Labute approximate surface area is 149 Å². The minimum absolute atomic E-state index is 0.0680. The number of rotatable bonds is 6. The van der Waals surface area contributed by atoms with Crippen LogP contribution >= 0.6 is 0 Å². The van der Waals surface area contributed by atoms with Crippen LogP contribution in [0.3, 0.4) is 0 Å². The third-order valence-electron chi connectivity index (χ3n) is 4.85. The molecule has 6 heteroatoms. The number of nitrogens with one attached hydrogen (secondary N) is 1. The average molecular weight is 348 g/mol. The van der Waals surface area contributed by atoms with Crippen LogP contribution in [0.2, 0.25) is 0 Å². The number of ether oxygens (including phenoxy) is 1. The molecule has 0 radical (unpaired) electrons. The maximum atomic E-state index is 11.5. The van der Waals surface area contributed by atoms with Crippen molar-refractivity contribution in [3.63, 3.8) is 0 Å². The summed E-state index contributed by atoms with van der Waals surface area (Å²) >= 11 is 0. The molecule has 0 spiro atoms. The second-order valence-electron chi connectivity index (χ2n) is 7.94. The van der Waals surface area contributed by atoms with Crippen molar-refractivity contribution in [2.24, 2.45) is 11.3 Å². The molecule has 0 aliphatic heterocycles. The molecule has 2 atom stereocenters. The summed E-state index contributed by atoms with van der Waals surface area (Å²) in [7, 11) is 1.34. The van der Waals surface area contributed by atoms with Gasteiger partial charge in [0.25, 0.3) is 5.69 Å². The molecule has 1 N–H and O–H groups in total. The van der Waals surface area contributed by atoms with Crippen LogP contribution in [0.5, 0.6) is 0 Å². The number of hydrogen-bond acceptors (Lipinski definition) is 5. The van der Waals surface area contributed by atoms with Gasteiger partial charge in [-0.15, -0.1) is 0 Å². The zero-order chi connectivity index (χ0) is 18.6. The number of carbonyl (C=O) groups is 1. The number of nitro benzene ring substituents is 1. The van der Waals surface area contributed by atoms with Gasteiger partial charge >= 0.3 is 5.97 Å². The Morgan fingerprint density at radius 2 is 2.12 bits per heavy atom. The van der Waals surface area contributed by atoms with Gasteiger partial charge in [0.1, 0.15) is 5.69 Å². The van der Waals surface area contributed by atoms with Crippen LogP contribution in [0.15, 0.2) is 18.2 Å². The van der Waals surface area contributed by atoms with E-state index in [1.807, 2.05) is 6.07 Å². The highest BCUT2D eigenvalue weighted by Gasteiger charge is 2.32. The molecule has 0 aromatic heterocycles. The van der Waals surface area contributed by atoms with Gasteiger partial charge < -0.3 is 10.1 Å². The molecule has 1 fully saturated rings. The lowest BCUT2D eigenvalue weighted by molar-refractivity contribution is -0.384. The summed E-state index contributed by atoms with van der Waals surface area (Å²) in [6, 6.07) is 5.40. The standard InChI is InChI=1S/C19H28N2O4/c1-13-9-15(12-19(2,3)11-13)20-16-7-5-14(6-8-18(22)25-4)10-17(16)21(23)24/h5,7,10,13,15,20H,6,8-9,11-12H2,1-4H3/t13-,15+/m0/s1. The predicted octanol–water partition coefficient (Wildman–Crippen LogP) is 4.33. The Kier molecular flexibility index (Phi) is 6.03. The monoisotopic (exact) mass is 348 g/mol. The number of carbonyl (C=O) groups excluding carboxylic acids is 1. The summed E-state index contributed by atoms with van der Waals surface area (Å²) in [5, 5.41) is 14.9. The normalized spacial score (nSPS) is 22.2. The van der Waals surface area contributed by atoms with Crippen molar-refractivity contribution in [3.8, 4) is 0 Å². The van der Waals surface area contributed by atoms with Gasteiger partial charge in [0.15, 0.2) is 0 Å². The zero-order valence-corrected chi connectivity index (χ0v) is 15.5.